The number of alkyl halides is 3. The van der Waals surface area contributed by atoms with Crippen LogP contribution in [0, 0.1) is 0 Å². The maximum Gasteiger partial charge on any atom is 0.401 e. The van der Waals surface area contributed by atoms with Gasteiger partial charge in [0.15, 0.2) is 0 Å². The van der Waals surface area contributed by atoms with Crippen molar-refractivity contribution in [2.45, 2.75) is 45.3 Å². The van der Waals surface area contributed by atoms with Gasteiger partial charge >= 0.3 is 6.18 Å². The summed E-state index contributed by atoms with van der Waals surface area (Å²) in [4.78, 5) is 1.45. The molecule has 0 aliphatic rings. The lowest BCUT2D eigenvalue weighted by atomic mass is 10.2. The Hall–Kier alpha value is -0.290. The van der Waals surface area contributed by atoms with Crippen LogP contribution >= 0.6 is 0 Å². The van der Waals surface area contributed by atoms with Crippen molar-refractivity contribution in [1.82, 2.24) is 4.90 Å². The molecule has 1 unspecified atom stereocenters. The summed E-state index contributed by atoms with van der Waals surface area (Å²) in [6, 6.07) is 0.0689. The zero-order chi connectivity index (χ0) is 11.9. The fraction of sp³-hybridized carbons (Fsp3) is 1.00. The van der Waals surface area contributed by atoms with Crippen molar-refractivity contribution in [3.05, 3.63) is 0 Å². The summed E-state index contributed by atoms with van der Waals surface area (Å²) < 4.78 is 36.4. The summed E-state index contributed by atoms with van der Waals surface area (Å²) in [5.74, 6) is 0. The molecule has 0 saturated heterocycles. The highest BCUT2D eigenvalue weighted by molar-refractivity contribution is 4.64. The average molecular weight is 226 g/mol. The Labute approximate surface area is 89.6 Å². The number of hydrogen-bond donors (Lipinski definition) is 1. The van der Waals surface area contributed by atoms with Gasteiger partial charge in [0, 0.05) is 6.04 Å². The van der Waals surface area contributed by atoms with Crippen LogP contribution in [0.1, 0.15) is 33.1 Å². The number of nitrogens with zero attached hydrogens (tertiary/aromatic N) is 1. The predicted octanol–water partition coefficient (Wildman–Crippen LogP) is 2.39. The molecular formula is C10H21F3N2. The molecule has 1 atom stereocenters. The molecule has 0 saturated carbocycles. The van der Waals surface area contributed by atoms with Crippen LogP contribution in [0.5, 0.6) is 0 Å². The van der Waals surface area contributed by atoms with Crippen LogP contribution in [0.4, 0.5) is 13.2 Å². The Morgan fingerprint density at radius 2 is 1.87 bits per heavy atom. The van der Waals surface area contributed by atoms with Crippen molar-refractivity contribution in [2.24, 2.45) is 5.73 Å². The lowest BCUT2D eigenvalue weighted by Gasteiger charge is -2.23. The largest absolute Gasteiger partial charge is 0.401 e. The van der Waals surface area contributed by atoms with Gasteiger partial charge < -0.3 is 5.73 Å². The van der Waals surface area contributed by atoms with Gasteiger partial charge in [0.25, 0.3) is 0 Å². The summed E-state index contributed by atoms with van der Waals surface area (Å²) in [5.41, 5.74) is 5.54. The Bertz CT molecular complexity index is 157. The Morgan fingerprint density at radius 3 is 2.27 bits per heavy atom. The van der Waals surface area contributed by atoms with E-state index < -0.39 is 12.7 Å². The number of halogens is 3. The Kier molecular flexibility index (Phi) is 6.92. The SMILES string of the molecule is CCCN(CCCC(C)N)CC(F)(F)F. The molecule has 0 bridgehead atoms. The van der Waals surface area contributed by atoms with Crippen molar-refractivity contribution in [1.29, 1.82) is 0 Å². The second kappa shape index (κ2) is 7.06. The molecule has 2 nitrogen and oxygen atoms in total. The number of nitrogens with two attached hydrogens (primary N) is 1. The summed E-state index contributed by atoms with van der Waals surface area (Å²) in [6.45, 7) is 3.93. The Morgan fingerprint density at radius 1 is 1.27 bits per heavy atom. The normalized spacial score (nSPS) is 14.6. The first-order valence-corrected chi connectivity index (χ1v) is 5.40. The summed E-state index contributed by atoms with van der Waals surface area (Å²) >= 11 is 0. The molecule has 15 heavy (non-hydrogen) atoms. The van der Waals surface area contributed by atoms with Crippen LogP contribution in [0.15, 0.2) is 0 Å². The van der Waals surface area contributed by atoms with E-state index in [1.807, 2.05) is 13.8 Å². The van der Waals surface area contributed by atoms with Crippen LogP contribution in [-0.2, 0) is 0 Å². The van der Waals surface area contributed by atoms with E-state index in [4.69, 9.17) is 5.73 Å². The molecule has 5 heteroatoms. The fourth-order valence-electron chi connectivity index (χ4n) is 1.48. The van der Waals surface area contributed by atoms with E-state index in [0.717, 1.165) is 19.3 Å². The first kappa shape index (κ1) is 14.7. The van der Waals surface area contributed by atoms with Crippen molar-refractivity contribution < 1.29 is 13.2 Å². The molecule has 0 amide bonds. The molecule has 0 spiro atoms. The van der Waals surface area contributed by atoms with E-state index in [1.165, 1.54) is 4.90 Å². The highest BCUT2D eigenvalue weighted by atomic mass is 19.4. The lowest BCUT2D eigenvalue weighted by molar-refractivity contribution is -0.146. The van der Waals surface area contributed by atoms with E-state index in [-0.39, 0.29) is 6.04 Å². The third-order valence-electron chi connectivity index (χ3n) is 2.08. The zero-order valence-electron chi connectivity index (χ0n) is 9.48. The van der Waals surface area contributed by atoms with Crippen LogP contribution in [0.2, 0.25) is 0 Å². The van der Waals surface area contributed by atoms with E-state index in [9.17, 15) is 13.2 Å². The first-order valence-electron chi connectivity index (χ1n) is 5.40. The molecule has 0 heterocycles. The Balaban J connectivity index is 3.83. The quantitative estimate of drug-likeness (QED) is 0.722. The van der Waals surface area contributed by atoms with Gasteiger partial charge in [-0.1, -0.05) is 6.92 Å². The van der Waals surface area contributed by atoms with Crippen LogP contribution in [0.3, 0.4) is 0 Å². The zero-order valence-corrected chi connectivity index (χ0v) is 9.48. The molecule has 0 aliphatic heterocycles. The van der Waals surface area contributed by atoms with Crippen LogP contribution in [-0.4, -0.2) is 36.8 Å². The summed E-state index contributed by atoms with van der Waals surface area (Å²) in [5, 5.41) is 0. The predicted molar refractivity (Wildman–Crippen MR) is 55.7 cm³/mol. The van der Waals surface area contributed by atoms with Gasteiger partial charge in [-0.15, -0.1) is 0 Å². The standard InChI is InChI=1S/C10H21F3N2/c1-3-6-15(8-10(11,12)13)7-4-5-9(2)14/h9H,3-8,14H2,1-2H3. The van der Waals surface area contributed by atoms with Gasteiger partial charge in [-0.3, -0.25) is 4.90 Å². The van der Waals surface area contributed by atoms with Crippen molar-refractivity contribution in [2.75, 3.05) is 19.6 Å². The highest BCUT2D eigenvalue weighted by Gasteiger charge is 2.29. The van der Waals surface area contributed by atoms with E-state index in [0.29, 0.717) is 13.1 Å². The molecule has 2 N–H and O–H groups in total. The van der Waals surface area contributed by atoms with Gasteiger partial charge in [0.1, 0.15) is 0 Å². The summed E-state index contributed by atoms with van der Waals surface area (Å²) in [6.07, 6.45) is -1.84. The van der Waals surface area contributed by atoms with E-state index in [2.05, 4.69) is 0 Å². The van der Waals surface area contributed by atoms with Gasteiger partial charge in [0.05, 0.1) is 6.54 Å². The molecule has 0 aromatic carbocycles. The lowest BCUT2D eigenvalue weighted by Crippen LogP contribution is -2.36. The summed E-state index contributed by atoms with van der Waals surface area (Å²) in [7, 11) is 0. The second-order valence-corrected chi connectivity index (χ2v) is 4.01. The third-order valence-corrected chi connectivity index (χ3v) is 2.08. The number of hydrogen-bond acceptors (Lipinski definition) is 2. The first-order chi connectivity index (χ1) is 6.85. The van der Waals surface area contributed by atoms with Gasteiger partial charge in [-0.05, 0) is 39.3 Å². The molecule has 0 aromatic heterocycles. The fourth-order valence-corrected chi connectivity index (χ4v) is 1.48. The molecule has 92 valence electrons. The molecule has 0 rings (SSSR count). The third kappa shape index (κ3) is 10.0. The van der Waals surface area contributed by atoms with Gasteiger partial charge in [0.2, 0.25) is 0 Å². The minimum Gasteiger partial charge on any atom is -0.328 e. The monoisotopic (exact) mass is 226 g/mol. The maximum atomic E-state index is 12.1. The molecule has 0 fully saturated rings. The smallest absolute Gasteiger partial charge is 0.328 e. The van der Waals surface area contributed by atoms with Gasteiger partial charge in [-0.25, -0.2) is 0 Å². The molecule has 0 aromatic rings. The minimum absolute atomic E-state index is 0.0689. The van der Waals surface area contributed by atoms with Crippen molar-refractivity contribution in [3.63, 3.8) is 0 Å². The number of rotatable bonds is 7. The highest BCUT2D eigenvalue weighted by Crippen LogP contribution is 2.17. The average Bonchev–Trinajstić information content (AvgIpc) is 2.00. The minimum atomic E-state index is -4.09. The molecule has 0 aliphatic carbocycles. The maximum absolute atomic E-state index is 12.1. The molecular weight excluding hydrogens is 205 g/mol. The topological polar surface area (TPSA) is 29.3 Å². The van der Waals surface area contributed by atoms with Crippen molar-refractivity contribution in [3.8, 4) is 0 Å². The van der Waals surface area contributed by atoms with E-state index in [1.54, 1.807) is 0 Å². The van der Waals surface area contributed by atoms with Crippen molar-refractivity contribution >= 4 is 0 Å². The molecule has 0 radical (unpaired) electrons. The van der Waals surface area contributed by atoms with Crippen LogP contribution in [0.25, 0.3) is 0 Å². The van der Waals surface area contributed by atoms with Gasteiger partial charge in [-0.2, -0.15) is 13.2 Å². The second-order valence-electron chi connectivity index (χ2n) is 4.01. The van der Waals surface area contributed by atoms with Crippen LogP contribution < -0.4 is 5.73 Å². The van der Waals surface area contributed by atoms with E-state index >= 15 is 0 Å².